The predicted octanol–water partition coefficient (Wildman–Crippen LogP) is 2.98. The first-order chi connectivity index (χ1) is 11.5. The molecule has 0 aliphatic carbocycles. The van der Waals surface area contributed by atoms with Gasteiger partial charge in [-0.1, -0.05) is 42.4 Å². The minimum atomic E-state index is -0.512. The molecule has 124 valence electrons. The quantitative estimate of drug-likeness (QED) is 0.629. The van der Waals surface area contributed by atoms with Gasteiger partial charge in [-0.2, -0.15) is 5.26 Å². The number of nitriles is 1. The van der Waals surface area contributed by atoms with E-state index in [-0.39, 0.29) is 11.5 Å². The van der Waals surface area contributed by atoms with Crippen molar-refractivity contribution in [3.63, 3.8) is 0 Å². The van der Waals surface area contributed by atoms with Crippen molar-refractivity contribution in [1.82, 2.24) is 9.97 Å². The highest BCUT2D eigenvalue weighted by Gasteiger charge is 2.18. The van der Waals surface area contributed by atoms with Gasteiger partial charge in [-0.3, -0.25) is 9.59 Å². The van der Waals surface area contributed by atoms with Gasteiger partial charge in [0.15, 0.2) is 5.16 Å². The summed E-state index contributed by atoms with van der Waals surface area (Å²) in [5, 5.41) is 12.0. The Bertz CT molecular complexity index is 860. The highest BCUT2D eigenvalue weighted by molar-refractivity contribution is 8.00. The maximum absolute atomic E-state index is 12.3. The summed E-state index contributed by atoms with van der Waals surface area (Å²) >= 11 is 7.12. The molecule has 0 radical (unpaired) electrons. The van der Waals surface area contributed by atoms with Crippen LogP contribution >= 0.6 is 23.4 Å². The van der Waals surface area contributed by atoms with Gasteiger partial charge in [-0.05, 0) is 25.5 Å². The normalized spacial score (nSPS) is 11.6. The summed E-state index contributed by atoms with van der Waals surface area (Å²) in [5.74, 6) is -0.266. The van der Waals surface area contributed by atoms with Crippen LogP contribution in [-0.2, 0) is 11.2 Å². The second kappa shape index (κ2) is 7.99. The maximum atomic E-state index is 12.3. The lowest BCUT2D eigenvalue weighted by atomic mass is 10.2. The third-order valence-corrected chi connectivity index (χ3v) is 4.52. The number of nitrogens with one attached hydrogen (secondary N) is 2. The molecule has 0 aliphatic heterocycles. The van der Waals surface area contributed by atoms with Crippen LogP contribution in [0, 0.1) is 11.3 Å². The largest absolute Gasteiger partial charge is 0.324 e. The average Bonchev–Trinajstić information content (AvgIpc) is 2.56. The summed E-state index contributed by atoms with van der Waals surface area (Å²) in [6.45, 7) is 3.51. The molecule has 24 heavy (non-hydrogen) atoms. The molecule has 1 aromatic carbocycles. The zero-order chi connectivity index (χ0) is 17.7. The molecule has 1 amide bonds. The van der Waals surface area contributed by atoms with Crippen LogP contribution in [0.2, 0.25) is 5.02 Å². The number of aromatic amines is 1. The number of carbonyl (C=O) groups excluding carboxylic acids is 1. The number of hydrogen-bond donors (Lipinski definition) is 2. The highest BCUT2D eigenvalue weighted by Crippen LogP contribution is 2.24. The number of aryl methyl sites for hydroxylation is 1. The van der Waals surface area contributed by atoms with Crippen molar-refractivity contribution in [2.24, 2.45) is 0 Å². The first-order valence-electron chi connectivity index (χ1n) is 7.21. The van der Waals surface area contributed by atoms with Crippen LogP contribution in [0.15, 0.2) is 34.2 Å². The number of amides is 1. The van der Waals surface area contributed by atoms with Crippen LogP contribution in [0.4, 0.5) is 5.69 Å². The van der Waals surface area contributed by atoms with E-state index in [4.69, 9.17) is 16.9 Å². The molecule has 0 spiro atoms. The molecular weight excluding hydrogens is 348 g/mol. The zero-order valence-electron chi connectivity index (χ0n) is 13.1. The Labute approximate surface area is 148 Å². The molecule has 0 bridgehead atoms. The lowest BCUT2D eigenvalue weighted by Gasteiger charge is -2.12. The molecule has 1 heterocycles. The van der Waals surface area contributed by atoms with E-state index in [9.17, 15) is 9.59 Å². The number of benzene rings is 1. The molecule has 8 heteroatoms. The van der Waals surface area contributed by atoms with E-state index in [1.165, 1.54) is 0 Å². The molecule has 0 aliphatic rings. The Morgan fingerprint density at radius 1 is 1.50 bits per heavy atom. The van der Waals surface area contributed by atoms with Crippen LogP contribution in [0.3, 0.4) is 0 Å². The van der Waals surface area contributed by atoms with Crippen molar-refractivity contribution in [3.8, 4) is 6.07 Å². The van der Waals surface area contributed by atoms with E-state index in [2.05, 4.69) is 15.3 Å². The smallest absolute Gasteiger partial charge is 0.269 e. The molecule has 1 aromatic heterocycles. The van der Waals surface area contributed by atoms with Gasteiger partial charge in [0.1, 0.15) is 11.6 Å². The number of hydrogen-bond acceptors (Lipinski definition) is 5. The van der Waals surface area contributed by atoms with E-state index < -0.39 is 10.8 Å². The topological polar surface area (TPSA) is 98.6 Å². The van der Waals surface area contributed by atoms with Gasteiger partial charge in [0.05, 0.1) is 21.7 Å². The molecular formula is C16H15ClN4O2S. The number of rotatable bonds is 5. The number of nitrogens with zero attached hydrogens (tertiary/aromatic N) is 2. The first kappa shape index (κ1) is 18.0. The van der Waals surface area contributed by atoms with E-state index in [0.29, 0.717) is 28.0 Å². The predicted molar refractivity (Wildman–Crippen MR) is 94.4 cm³/mol. The Kier molecular flexibility index (Phi) is 6.01. The van der Waals surface area contributed by atoms with Crippen molar-refractivity contribution in [2.75, 3.05) is 5.32 Å². The molecule has 0 saturated carbocycles. The van der Waals surface area contributed by atoms with E-state index >= 15 is 0 Å². The van der Waals surface area contributed by atoms with Crippen molar-refractivity contribution in [3.05, 3.63) is 50.9 Å². The number of halogens is 1. The van der Waals surface area contributed by atoms with Crippen molar-refractivity contribution in [1.29, 1.82) is 5.26 Å². The molecule has 0 saturated heterocycles. The van der Waals surface area contributed by atoms with Crippen LogP contribution in [-0.4, -0.2) is 21.1 Å². The van der Waals surface area contributed by atoms with Gasteiger partial charge in [0.2, 0.25) is 5.91 Å². The van der Waals surface area contributed by atoms with Gasteiger partial charge < -0.3 is 10.3 Å². The van der Waals surface area contributed by atoms with E-state index in [1.807, 2.05) is 13.0 Å². The van der Waals surface area contributed by atoms with Crippen molar-refractivity contribution in [2.45, 2.75) is 30.7 Å². The standard InChI is InChI=1S/C16H15ClN4O2S/c1-3-12-10(8-18)15(23)21-16(20-12)24-9(2)14(22)19-13-7-5-4-6-11(13)17/h4-7,9H,3H2,1-2H3,(H,19,22)(H,20,21,23)/t9-/m0/s1. The number of H-pyrrole nitrogens is 1. The van der Waals surface area contributed by atoms with Gasteiger partial charge >= 0.3 is 0 Å². The molecule has 2 N–H and O–H groups in total. The molecule has 0 fully saturated rings. The summed E-state index contributed by atoms with van der Waals surface area (Å²) in [7, 11) is 0. The average molecular weight is 363 g/mol. The third kappa shape index (κ3) is 4.16. The Morgan fingerprint density at radius 2 is 2.21 bits per heavy atom. The fraction of sp³-hybridized carbons (Fsp3) is 0.250. The Hall–Kier alpha value is -2.30. The van der Waals surface area contributed by atoms with E-state index in [1.54, 1.807) is 31.2 Å². The van der Waals surface area contributed by atoms with Crippen LogP contribution in [0.1, 0.15) is 25.1 Å². The third-order valence-electron chi connectivity index (χ3n) is 3.21. The van der Waals surface area contributed by atoms with Gasteiger partial charge in [0, 0.05) is 0 Å². The lowest BCUT2D eigenvalue weighted by Crippen LogP contribution is -2.24. The summed E-state index contributed by atoms with van der Waals surface area (Å²) in [6.07, 6.45) is 0.459. The first-order valence-corrected chi connectivity index (χ1v) is 8.47. The summed E-state index contributed by atoms with van der Waals surface area (Å²) < 4.78 is 0. The number of carbonyl (C=O) groups is 1. The van der Waals surface area contributed by atoms with E-state index in [0.717, 1.165) is 11.8 Å². The number of aromatic nitrogens is 2. The summed E-state index contributed by atoms with van der Waals surface area (Å²) in [5.41, 5.74) is 0.454. The van der Waals surface area contributed by atoms with Gasteiger partial charge in [0.25, 0.3) is 5.56 Å². The lowest BCUT2D eigenvalue weighted by molar-refractivity contribution is -0.115. The number of para-hydroxylation sites is 1. The highest BCUT2D eigenvalue weighted by atomic mass is 35.5. The van der Waals surface area contributed by atoms with Crippen molar-refractivity contribution < 1.29 is 4.79 Å². The fourth-order valence-electron chi connectivity index (χ4n) is 1.94. The van der Waals surface area contributed by atoms with Gasteiger partial charge in [-0.15, -0.1) is 0 Å². The molecule has 2 rings (SSSR count). The summed E-state index contributed by atoms with van der Waals surface area (Å²) in [6, 6.07) is 8.78. The summed E-state index contributed by atoms with van der Waals surface area (Å²) in [4.78, 5) is 30.9. The van der Waals surface area contributed by atoms with Gasteiger partial charge in [-0.25, -0.2) is 4.98 Å². The second-order valence-electron chi connectivity index (χ2n) is 4.89. The Balaban J connectivity index is 2.15. The molecule has 6 nitrogen and oxygen atoms in total. The second-order valence-corrected chi connectivity index (χ2v) is 6.62. The SMILES string of the molecule is CCc1nc(S[C@@H](C)C(=O)Nc2ccccc2Cl)[nH]c(=O)c1C#N. The fourth-order valence-corrected chi connectivity index (χ4v) is 2.94. The van der Waals surface area contributed by atoms with Crippen LogP contribution in [0.25, 0.3) is 0 Å². The van der Waals surface area contributed by atoms with Crippen LogP contribution < -0.4 is 10.9 Å². The Morgan fingerprint density at radius 3 is 2.83 bits per heavy atom. The monoisotopic (exact) mass is 362 g/mol. The minimum absolute atomic E-state index is 0.00928. The molecule has 1 atom stereocenters. The molecule has 0 unspecified atom stereocenters. The molecule has 2 aromatic rings. The zero-order valence-corrected chi connectivity index (χ0v) is 14.7. The maximum Gasteiger partial charge on any atom is 0.269 e. The van der Waals surface area contributed by atoms with Crippen LogP contribution in [0.5, 0.6) is 0 Å². The minimum Gasteiger partial charge on any atom is -0.324 e. The van der Waals surface area contributed by atoms with Crippen molar-refractivity contribution >= 4 is 35.0 Å². The number of anilines is 1. The number of thioether (sulfide) groups is 1.